The molecule has 0 saturated heterocycles. The summed E-state index contributed by atoms with van der Waals surface area (Å²) in [5, 5.41) is 3.36. The molecule has 1 aromatic carbocycles. The Kier molecular flexibility index (Phi) is 6.02. The Morgan fingerprint density at radius 1 is 1.43 bits per heavy atom. The second-order valence-electron chi connectivity index (χ2n) is 5.02. The van der Waals surface area contributed by atoms with Crippen molar-refractivity contribution in [2.24, 2.45) is 0 Å². The normalized spacial score (nSPS) is 11.3. The zero-order chi connectivity index (χ0) is 16.7. The molecule has 0 fully saturated rings. The summed E-state index contributed by atoms with van der Waals surface area (Å²) < 4.78 is 5.39. The summed E-state index contributed by atoms with van der Waals surface area (Å²) in [6, 6.07) is 10.8. The van der Waals surface area contributed by atoms with Crippen LogP contribution in [0.15, 0.2) is 42.6 Å². The molecule has 4 nitrogen and oxygen atoms in total. The van der Waals surface area contributed by atoms with Gasteiger partial charge < -0.3 is 10.1 Å². The first-order valence-corrected chi connectivity index (χ1v) is 7.52. The molecule has 2 rings (SSSR count). The number of carbonyl (C=O) groups is 1. The first-order chi connectivity index (χ1) is 11.1. The largest absolute Gasteiger partial charge is 0.481 e. The van der Waals surface area contributed by atoms with Crippen LogP contribution < -0.4 is 10.1 Å². The van der Waals surface area contributed by atoms with Crippen LogP contribution in [0.2, 0.25) is 5.15 Å². The van der Waals surface area contributed by atoms with E-state index in [2.05, 4.69) is 16.2 Å². The SMILES string of the molecule is C#CCOc1cccc([C@@H](C)NC(=O)Cc2ccc(Cl)nc2)c1. The lowest BCUT2D eigenvalue weighted by atomic mass is 10.1. The van der Waals surface area contributed by atoms with E-state index in [9.17, 15) is 4.79 Å². The summed E-state index contributed by atoms with van der Waals surface area (Å²) in [7, 11) is 0. The van der Waals surface area contributed by atoms with Gasteiger partial charge >= 0.3 is 0 Å². The van der Waals surface area contributed by atoms with Crippen LogP contribution in [0.5, 0.6) is 5.75 Å². The van der Waals surface area contributed by atoms with Crippen LogP contribution >= 0.6 is 11.6 Å². The first-order valence-electron chi connectivity index (χ1n) is 7.14. The Balaban J connectivity index is 1.95. The average molecular weight is 329 g/mol. The zero-order valence-corrected chi connectivity index (χ0v) is 13.5. The average Bonchev–Trinajstić information content (AvgIpc) is 2.55. The monoisotopic (exact) mass is 328 g/mol. The lowest BCUT2D eigenvalue weighted by Crippen LogP contribution is -2.28. The molecule has 1 atom stereocenters. The molecule has 1 N–H and O–H groups in total. The van der Waals surface area contributed by atoms with Gasteiger partial charge in [-0.2, -0.15) is 0 Å². The van der Waals surface area contributed by atoms with Gasteiger partial charge in [0, 0.05) is 6.20 Å². The van der Waals surface area contributed by atoms with Crippen molar-refractivity contribution in [1.29, 1.82) is 0 Å². The van der Waals surface area contributed by atoms with Crippen LogP contribution in [0.1, 0.15) is 24.1 Å². The van der Waals surface area contributed by atoms with Gasteiger partial charge in [-0.1, -0.05) is 35.7 Å². The van der Waals surface area contributed by atoms with Crippen molar-refractivity contribution < 1.29 is 9.53 Å². The van der Waals surface area contributed by atoms with E-state index in [-0.39, 0.29) is 25.0 Å². The predicted octanol–water partition coefficient (Wildman–Crippen LogP) is 3.17. The van der Waals surface area contributed by atoms with E-state index >= 15 is 0 Å². The molecular formula is C18H17ClN2O2. The van der Waals surface area contributed by atoms with Crippen molar-refractivity contribution in [2.75, 3.05) is 6.61 Å². The number of hydrogen-bond acceptors (Lipinski definition) is 3. The smallest absolute Gasteiger partial charge is 0.224 e. The molecule has 0 aliphatic heterocycles. The maximum Gasteiger partial charge on any atom is 0.224 e. The molecule has 0 spiro atoms. The van der Waals surface area contributed by atoms with Crippen LogP contribution in [-0.2, 0) is 11.2 Å². The summed E-state index contributed by atoms with van der Waals surface area (Å²) in [5.41, 5.74) is 1.76. The molecule has 1 aromatic heterocycles. The molecule has 0 bridgehead atoms. The maximum absolute atomic E-state index is 12.1. The van der Waals surface area contributed by atoms with Gasteiger partial charge in [0.25, 0.3) is 0 Å². The Hall–Kier alpha value is -2.51. The third-order valence-corrected chi connectivity index (χ3v) is 3.43. The highest BCUT2D eigenvalue weighted by Crippen LogP contribution is 2.19. The Morgan fingerprint density at radius 2 is 2.26 bits per heavy atom. The molecule has 1 heterocycles. The van der Waals surface area contributed by atoms with Crippen LogP contribution in [0, 0.1) is 12.3 Å². The number of ether oxygens (including phenoxy) is 1. The molecule has 118 valence electrons. The molecule has 0 unspecified atom stereocenters. The highest BCUT2D eigenvalue weighted by atomic mass is 35.5. The molecular weight excluding hydrogens is 312 g/mol. The highest BCUT2D eigenvalue weighted by molar-refractivity contribution is 6.29. The van der Waals surface area contributed by atoms with Crippen LogP contribution in [0.25, 0.3) is 0 Å². The molecule has 5 heteroatoms. The van der Waals surface area contributed by atoms with E-state index in [1.807, 2.05) is 31.2 Å². The number of halogens is 1. The van der Waals surface area contributed by atoms with E-state index in [4.69, 9.17) is 22.8 Å². The van der Waals surface area contributed by atoms with E-state index < -0.39 is 0 Å². The second kappa shape index (κ2) is 8.21. The van der Waals surface area contributed by atoms with Crippen LogP contribution in [-0.4, -0.2) is 17.5 Å². The number of terminal acetylenes is 1. The fraction of sp³-hybridized carbons (Fsp3) is 0.222. The number of benzene rings is 1. The zero-order valence-electron chi connectivity index (χ0n) is 12.8. The minimum absolute atomic E-state index is 0.0865. The summed E-state index contributed by atoms with van der Waals surface area (Å²) in [6.07, 6.45) is 7.03. The van der Waals surface area contributed by atoms with Crippen molar-refractivity contribution in [2.45, 2.75) is 19.4 Å². The van der Waals surface area contributed by atoms with Crippen LogP contribution in [0.3, 0.4) is 0 Å². The number of nitrogens with one attached hydrogen (secondary N) is 1. The van der Waals surface area contributed by atoms with Crippen molar-refractivity contribution in [1.82, 2.24) is 10.3 Å². The quantitative estimate of drug-likeness (QED) is 0.654. The van der Waals surface area contributed by atoms with Crippen molar-refractivity contribution >= 4 is 17.5 Å². The standard InChI is InChI=1S/C18H17ClN2O2/c1-3-9-23-16-6-4-5-15(11-16)13(2)21-18(22)10-14-7-8-17(19)20-12-14/h1,4-8,11-13H,9-10H2,2H3,(H,21,22)/t13-/m1/s1. The van der Waals surface area contributed by atoms with E-state index in [1.165, 1.54) is 0 Å². The number of pyridine rings is 1. The minimum Gasteiger partial charge on any atom is -0.481 e. The van der Waals surface area contributed by atoms with E-state index in [0.717, 1.165) is 11.1 Å². The summed E-state index contributed by atoms with van der Waals surface area (Å²) in [4.78, 5) is 16.1. The summed E-state index contributed by atoms with van der Waals surface area (Å²) in [5.74, 6) is 3.02. The predicted molar refractivity (Wildman–Crippen MR) is 90.3 cm³/mol. The van der Waals surface area contributed by atoms with Gasteiger partial charge in [0.2, 0.25) is 5.91 Å². The minimum atomic E-state index is -0.142. The molecule has 0 saturated carbocycles. The number of nitrogens with zero attached hydrogens (tertiary/aromatic N) is 1. The molecule has 0 aliphatic carbocycles. The second-order valence-corrected chi connectivity index (χ2v) is 5.41. The van der Waals surface area contributed by atoms with Gasteiger partial charge in [-0.3, -0.25) is 4.79 Å². The number of hydrogen-bond donors (Lipinski definition) is 1. The lowest BCUT2D eigenvalue weighted by molar-refractivity contribution is -0.121. The molecule has 0 aliphatic rings. The van der Waals surface area contributed by atoms with Gasteiger partial charge in [0.15, 0.2) is 0 Å². The number of carbonyl (C=O) groups excluding carboxylic acids is 1. The lowest BCUT2D eigenvalue weighted by Gasteiger charge is -2.15. The molecule has 0 radical (unpaired) electrons. The van der Waals surface area contributed by atoms with Crippen molar-refractivity contribution in [3.05, 3.63) is 58.9 Å². The van der Waals surface area contributed by atoms with Crippen molar-refractivity contribution in [3.63, 3.8) is 0 Å². The van der Waals surface area contributed by atoms with Crippen molar-refractivity contribution in [3.8, 4) is 18.1 Å². The fourth-order valence-corrected chi connectivity index (χ4v) is 2.18. The Bertz CT molecular complexity index is 708. The molecule has 23 heavy (non-hydrogen) atoms. The van der Waals surface area contributed by atoms with Gasteiger partial charge in [0.05, 0.1) is 12.5 Å². The topological polar surface area (TPSA) is 51.2 Å². The Morgan fingerprint density at radius 3 is 2.96 bits per heavy atom. The highest BCUT2D eigenvalue weighted by Gasteiger charge is 2.11. The third kappa shape index (κ3) is 5.32. The summed E-state index contributed by atoms with van der Waals surface area (Å²) in [6.45, 7) is 2.13. The fourth-order valence-electron chi connectivity index (χ4n) is 2.07. The van der Waals surface area contributed by atoms with E-state index in [1.54, 1.807) is 18.3 Å². The van der Waals surface area contributed by atoms with Gasteiger partial charge in [-0.05, 0) is 36.2 Å². The maximum atomic E-state index is 12.1. The first kappa shape index (κ1) is 16.9. The molecule has 1 amide bonds. The Labute approximate surface area is 140 Å². The number of rotatable bonds is 6. The van der Waals surface area contributed by atoms with Gasteiger partial charge in [-0.25, -0.2) is 4.98 Å². The number of amides is 1. The van der Waals surface area contributed by atoms with Gasteiger partial charge in [-0.15, -0.1) is 6.42 Å². The van der Waals surface area contributed by atoms with Gasteiger partial charge in [0.1, 0.15) is 17.5 Å². The number of aromatic nitrogens is 1. The third-order valence-electron chi connectivity index (χ3n) is 3.21. The van der Waals surface area contributed by atoms with E-state index in [0.29, 0.717) is 10.9 Å². The van der Waals surface area contributed by atoms with Crippen LogP contribution in [0.4, 0.5) is 0 Å². The molecule has 2 aromatic rings. The summed E-state index contributed by atoms with van der Waals surface area (Å²) >= 11 is 5.73.